The highest BCUT2D eigenvalue weighted by Crippen LogP contribution is 2.36. The maximum atomic E-state index is 13.4. The van der Waals surface area contributed by atoms with E-state index in [4.69, 9.17) is 21.1 Å². The van der Waals surface area contributed by atoms with Gasteiger partial charge in [-0.05, 0) is 57.9 Å². The van der Waals surface area contributed by atoms with Crippen molar-refractivity contribution in [2.24, 2.45) is 0 Å². The fraction of sp³-hybridized carbons (Fsp3) is 0.462. The SMILES string of the molecule is C[C@H](C(=O)NC(C)(C)C)N(Cc1ccccc1Cl)C(=O)CCCN(c1ccc2c(c1)OCO2)S(C)(=O)=O. The van der Waals surface area contributed by atoms with Gasteiger partial charge in [0, 0.05) is 36.1 Å². The summed E-state index contributed by atoms with van der Waals surface area (Å²) in [5.41, 5.74) is 0.668. The van der Waals surface area contributed by atoms with E-state index in [9.17, 15) is 18.0 Å². The predicted octanol–water partition coefficient (Wildman–Crippen LogP) is 3.95. The van der Waals surface area contributed by atoms with Crippen molar-refractivity contribution in [3.05, 3.63) is 53.1 Å². The molecule has 0 radical (unpaired) electrons. The Morgan fingerprint density at radius 3 is 2.43 bits per heavy atom. The van der Waals surface area contributed by atoms with E-state index in [0.29, 0.717) is 27.8 Å². The van der Waals surface area contributed by atoms with Crippen molar-refractivity contribution in [2.45, 2.75) is 58.7 Å². The molecule has 1 heterocycles. The first-order chi connectivity index (χ1) is 17.3. The van der Waals surface area contributed by atoms with Crippen molar-refractivity contribution < 1.29 is 27.5 Å². The molecule has 37 heavy (non-hydrogen) atoms. The summed E-state index contributed by atoms with van der Waals surface area (Å²) in [5, 5.41) is 3.41. The zero-order valence-electron chi connectivity index (χ0n) is 21.8. The highest BCUT2D eigenvalue weighted by Gasteiger charge is 2.29. The molecule has 1 atom stereocenters. The normalized spacial score (nSPS) is 13.7. The van der Waals surface area contributed by atoms with E-state index in [1.165, 1.54) is 9.21 Å². The number of hydrogen-bond donors (Lipinski definition) is 1. The second kappa shape index (κ2) is 11.6. The molecule has 9 nitrogen and oxygen atoms in total. The van der Waals surface area contributed by atoms with Gasteiger partial charge in [0.25, 0.3) is 0 Å². The van der Waals surface area contributed by atoms with Crippen LogP contribution in [0.2, 0.25) is 5.02 Å². The van der Waals surface area contributed by atoms with Crippen LogP contribution in [0.4, 0.5) is 5.69 Å². The molecule has 2 aromatic carbocycles. The molecule has 2 amide bonds. The molecule has 0 bridgehead atoms. The van der Waals surface area contributed by atoms with E-state index < -0.39 is 21.6 Å². The number of nitrogens with one attached hydrogen (secondary N) is 1. The monoisotopic (exact) mass is 551 g/mol. The number of nitrogens with zero attached hydrogens (tertiary/aromatic N) is 2. The average molecular weight is 552 g/mol. The number of sulfonamides is 1. The molecule has 1 aliphatic heterocycles. The van der Waals surface area contributed by atoms with Crippen molar-refractivity contribution in [1.82, 2.24) is 10.2 Å². The van der Waals surface area contributed by atoms with Crippen molar-refractivity contribution in [2.75, 3.05) is 23.9 Å². The summed E-state index contributed by atoms with van der Waals surface area (Å²) in [5.74, 6) is 0.443. The van der Waals surface area contributed by atoms with Crippen LogP contribution in [0.3, 0.4) is 0 Å². The molecular formula is C26H34ClN3O6S. The Bertz CT molecular complexity index is 1250. The Labute approximate surface area is 223 Å². The van der Waals surface area contributed by atoms with E-state index in [2.05, 4.69) is 5.32 Å². The molecule has 0 saturated heterocycles. The lowest BCUT2D eigenvalue weighted by Crippen LogP contribution is -2.52. The zero-order chi connectivity index (χ0) is 27.4. The molecule has 2 aromatic rings. The molecule has 0 fully saturated rings. The molecule has 11 heteroatoms. The summed E-state index contributed by atoms with van der Waals surface area (Å²) in [4.78, 5) is 27.8. The Morgan fingerprint density at radius 2 is 1.78 bits per heavy atom. The fourth-order valence-corrected chi connectivity index (χ4v) is 5.06. The highest BCUT2D eigenvalue weighted by atomic mass is 35.5. The summed E-state index contributed by atoms with van der Waals surface area (Å²) in [6.07, 6.45) is 1.39. The van der Waals surface area contributed by atoms with E-state index in [0.717, 1.165) is 6.26 Å². The number of fused-ring (bicyclic) bond motifs is 1. The number of carbonyl (C=O) groups excluding carboxylic acids is 2. The van der Waals surface area contributed by atoms with Crippen LogP contribution in [-0.4, -0.2) is 56.3 Å². The third-order valence-corrected chi connectivity index (χ3v) is 7.32. The summed E-state index contributed by atoms with van der Waals surface area (Å²) in [6, 6.07) is 11.3. The largest absolute Gasteiger partial charge is 0.454 e. The number of amides is 2. The Kier molecular flexibility index (Phi) is 8.96. The molecule has 0 aliphatic carbocycles. The van der Waals surface area contributed by atoms with E-state index in [1.807, 2.05) is 32.9 Å². The molecule has 3 rings (SSSR count). The molecule has 0 unspecified atom stereocenters. The van der Waals surface area contributed by atoms with Crippen LogP contribution in [-0.2, 0) is 26.2 Å². The first kappa shape index (κ1) is 28.6. The van der Waals surface area contributed by atoms with E-state index >= 15 is 0 Å². The molecule has 0 spiro atoms. The van der Waals surface area contributed by atoms with Crippen LogP contribution in [0.15, 0.2) is 42.5 Å². The van der Waals surface area contributed by atoms with Crippen LogP contribution in [0, 0.1) is 0 Å². The summed E-state index contributed by atoms with van der Waals surface area (Å²) < 4.78 is 37.0. The lowest BCUT2D eigenvalue weighted by Gasteiger charge is -2.32. The van der Waals surface area contributed by atoms with Crippen LogP contribution < -0.4 is 19.1 Å². The number of carbonyl (C=O) groups is 2. The van der Waals surface area contributed by atoms with Crippen molar-refractivity contribution in [3.8, 4) is 11.5 Å². The van der Waals surface area contributed by atoms with Gasteiger partial charge in [-0.2, -0.15) is 0 Å². The number of anilines is 1. The van der Waals surface area contributed by atoms with Gasteiger partial charge in [-0.3, -0.25) is 13.9 Å². The molecule has 1 aliphatic rings. The maximum absolute atomic E-state index is 13.4. The highest BCUT2D eigenvalue weighted by molar-refractivity contribution is 7.92. The number of halogens is 1. The fourth-order valence-electron chi connectivity index (χ4n) is 3.91. The predicted molar refractivity (Wildman–Crippen MR) is 143 cm³/mol. The van der Waals surface area contributed by atoms with E-state index in [1.54, 1.807) is 37.3 Å². The third-order valence-electron chi connectivity index (χ3n) is 5.76. The number of benzene rings is 2. The lowest BCUT2D eigenvalue weighted by molar-refractivity contribution is -0.141. The Morgan fingerprint density at radius 1 is 1.11 bits per heavy atom. The first-order valence-corrected chi connectivity index (χ1v) is 14.2. The molecule has 1 N–H and O–H groups in total. The minimum atomic E-state index is -3.63. The minimum absolute atomic E-state index is 0.0359. The molecule has 202 valence electrons. The molecule has 0 saturated carbocycles. The topological polar surface area (TPSA) is 105 Å². The van der Waals surface area contributed by atoms with Gasteiger partial charge in [-0.25, -0.2) is 8.42 Å². The standard InChI is InChI=1S/C26H34ClN3O6S/c1-18(25(32)28-26(2,3)4)29(16-19-9-6-7-10-21(19)27)24(31)11-8-14-30(37(5,33)34)20-12-13-22-23(15-20)36-17-35-22/h6-7,9-10,12-13,15,18H,8,11,14,16-17H2,1-5H3,(H,28,32)/t18-/m1/s1. The maximum Gasteiger partial charge on any atom is 0.242 e. The number of rotatable bonds is 10. The number of hydrogen-bond acceptors (Lipinski definition) is 6. The molecular weight excluding hydrogens is 518 g/mol. The summed E-state index contributed by atoms with van der Waals surface area (Å²) in [7, 11) is -3.63. The van der Waals surface area contributed by atoms with Gasteiger partial charge in [-0.15, -0.1) is 0 Å². The van der Waals surface area contributed by atoms with Crippen molar-refractivity contribution in [1.29, 1.82) is 0 Å². The van der Waals surface area contributed by atoms with Gasteiger partial charge in [0.15, 0.2) is 11.5 Å². The van der Waals surface area contributed by atoms with Gasteiger partial charge in [-0.1, -0.05) is 29.8 Å². The van der Waals surface area contributed by atoms with Gasteiger partial charge in [0.2, 0.25) is 28.6 Å². The smallest absolute Gasteiger partial charge is 0.242 e. The second-order valence-electron chi connectivity index (χ2n) is 10.0. The first-order valence-electron chi connectivity index (χ1n) is 12.0. The van der Waals surface area contributed by atoms with Crippen molar-refractivity contribution >= 4 is 39.1 Å². The zero-order valence-corrected chi connectivity index (χ0v) is 23.4. The van der Waals surface area contributed by atoms with Crippen LogP contribution in [0.5, 0.6) is 11.5 Å². The average Bonchev–Trinajstić information content (AvgIpc) is 3.26. The van der Waals surface area contributed by atoms with Crippen molar-refractivity contribution in [3.63, 3.8) is 0 Å². The van der Waals surface area contributed by atoms with Crippen LogP contribution in [0.1, 0.15) is 46.1 Å². The number of ether oxygens (including phenoxy) is 2. The lowest BCUT2D eigenvalue weighted by atomic mass is 10.1. The summed E-state index contributed by atoms with van der Waals surface area (Å²) in [6.45, 7) is 7.58. The van der Waals surface area contributed by atoms with Gasteiger partial charge in [0.05, 0.1) is 11.9 Å². The Hall–Kier alpha value is -2.98. The van der Waals surface area contributed by atoms with Crippen LogP contribution >= 0.6 is 11.6 Å². The van der Waals surface area contributed by atoms with E-state index in [-0.39, 0.29) is 44.5 Å². The molecule has 0 aromatic heterocycles. The van der Waals surface area contributed by atoms with Crippen LogP contribution in [0.25, 0.3) is 0 Å². The third kappa shape index (κ3) is 7.75. The van der Waals surface area contributed by atoms with Gasteiger partial charge >= 0.3 is 0 Å². The minimum Gasteiger partial charge on any atom is -0.454 e. The quantitative estimate of drug-likeness (QED) is 0.479. The summed E-state index contributed by atoms with van der Waals surface area (Å²) >= 11 is 6.34. The second-order valence-corrected chi connectivity index (χ2v) is 12.3. The van der Waals surface area contributed by atoms with Gasteiger partial charge < -0.3 is 19.7 Å². The van der Waals surface area contributed by atoms with Gasteiger partial charge in [0.1, 0.15) is 6.04 Å². The Balaban J connectivity index is 1.75.